The molecule has 1 aliphatic rings. The molecule has 122 valence electrons. The van der Waals surface area contributed by atoms with Gasteiger partial charge < -0.3 is 14.4 Å². The van der Waals surface area contributed by atoms with Gasteiger partial charge in [-0.05, 0) is 18.6 Å². The molecule has 23 heavy (non-hydrogen) atoms. The van der Waals surface area contributed by atoms with Crippen molar-refractivity contribution in [3.8, 4) is 11.5 Å². The molecular weight excluding hydrogens is 300 g/mol. The average molecular weight is 319 g/mol. The first-order chi connectivity index (χ1) is 11.2. The lowest BCUT2D eigenvalue weighted by Crippen LogP contribution is -2.19. The summed E-state index contributed by atoms with van der Waals surface area (Å²) in [6.45, 7) is 1.32. The molecule has 1 heterocycles. The van der Waals surface area contributed by atoms with Crippen LogP contribution in [0.4, 0.5) is 14.5 Å². The number of hydrogen-bond donors (Lipinski definition) is 0. The van der Waals surface area contributed by atoms with Gasteiger partial charge in [-0.3, -0.25) is 0 Å². The van der Waals surface area contributed by atoms with Gasteiger partial charge in [0.15, 0.2) is 23.1 Å². The van der Waals surface area contributed by atoms with Gasteiger partial charge in [0.1, 0.15) is 0 Å². The summed E-state index contributed by atoms with van der Waals surface area (Å²) in [4.78, 5) is 2.13. The fourth-order valence-corrected chi connectivity index (χ4v) is 3.13. The van der Waals surface area contributed by atoms with Crippen molar-refractivity contribution < 1.29 is 18.3 Å². The summed E-state index contributed by atoms with van der Waals surface area (Å²) in [5, 5.41) is 0. The van der Waals surface area contributed by atoms with E-state index in [9.17, 15) is 8.78 Å². The third-order valence-electron chi connectivity index (χ3n) is 4.33. The van der Waals surface area contributed by atoms with Crippen LogP contribution in [0.1, 0.15) is 17.9 Å². The Labute approximate surface area is 134 Å². The maximum atomic E-state index is 14.6. The molecular formula is C18H19F2NO2. The maximum absolute atomic E-state index is 14.6. The van der Waals surface area contributed by atoms with Crippen LogP contribution < -0.4 is 14.4 Å². The summed E-state index contributed by atoms with van der Waals surface area (Å²) in [6, 6.07) is 11.1. The molecule has 0 aromatic heterocycles. The Balaban J connectivity index is 1.93. The molecule has 1 aliphatic heterocycles. The number of rotatable bonds is 4. The molecule has 1 atom stereocenters. The van der Waals surface area contributed by atoms with Gasteiger partial charge in [-0.15, -0.1) is 0 Å². The van der Waals surface area contributed by atoms with Gasteiger partial charge in [-0.2, -0.15) is 0 Å². The van der Waals surface area contributed by atoms with Gasteiger partial charge in [0, 0.05) is 36.3 Å². The van der Waals surface area contributed by atoms with Crippen molar-refractivity contribution in [3.05, 3.63) is 53.6 Å². The van der Waals surface area contributed by atoms with Crippen molar-refractivity contribution in [2.45, 2.75) is 12.3 Å². The summed E-state index contributed by atoms with van der Waals surface area (Å²) in [7, 11) is 2.73. The molecule has 0 amide bonds. The fraction of sp³-hybridized carbons (Fsp3) is 0.333. The highest BCUT2D eigenvalue weighted by molar-refractivity contribution is 5.50. The number of halogens is 2. The van der Waals surface area contributed by atoms with Crippen LogP contribution >= 0.6 is 0 Å². The van der Waals surface area contributed by atoms with Crippen molar-refractivity contribution in [3.63, 3.8) is 0 Å². The summed E-state index contributed by atoms with van der Waals surface area (Å²) in [5.74, 6) is -1.48. The minimum Gasteiger partial charge on any atom is -0.494 e. The molecule has 3 nitrogen and oxygen atoms in total. The molecule has 5 heteroatoms. The van der Waals surface area contributed by atoms with Crippen LogP contribution in [0, 0.1) is 11.6 Å². The van der Waals surface area contributed by atoms with E-state index < -0.39 is 11.6 Å². The van der Waals surface area contributed by atoms with Gasteiger partial charge >= 0.3 is 0 Å². The lowest BCUT2D eigenvalue weighted by Gasteiger charge is -2.20. The van der Waals surface area contributed by atoms with Crippen LogP contribution in [-0.2, 0) is 0 Å². The molecule has 2 aromatic rings. The SMILES string of the molecule is COc1cc(OC)c(F)c(C2CCN(c3ccccc3)C2)c1F. The highest BCUT2D eigenvalue weighted by atomic mass is 19.1. The van der Waals surface area contributed by atoms with E-state index in [1.165, 1.54) is 20.3 Å². The monoisotopic (exact) mass is 319 g/mol. The largest absolute Gasteiger partial charge is 0.494 e. The van der Waals surface area contributed by atoms with Gasteiger partial charge in [0.2, 0.25) is 0 Å². The Morgan fingerprint density at radius 1 is 1.00 bits per heavy atom. The van der Waals surface area contributed by atoms with Crippen LogP contribution in [0.3, 0.4) is 0 Å². The van der Waals surface area contributed by atoms with Gasteiger partial charge in [0.25, 0.3) is 0 Å². The standard InChI is InChI=1S/C18H19F2NO2/c1-22-14-10-15(23-2)18(20)16(17(14)19)12-8-9-21(11-12)13-6-4-3-5-7-13/h3-7,10,12H,8-9,11H2,1-2H3. The molecule has 1 fully saturated rings. The topological polar surface area (TPSA) is 21.7 Å². The smallest absolute Gasteiger partial charge is 0.171 e. The van der Waals surface area contributed by atoms with Crippen molar-refractivity contribution in [1.29, 1.82) is 0 Å². The third-order valence-corrected chi connectivity index (χ3v) is 4.33. The first kappa shape index (κ1) is 15.6. The maximum Gasteiger partial charge on any atom is 0.171 e. The second-order valence-electron chi connectivity index (χ2n) is 5.59. The Morgan fingerprint density at radius 2 is 1.61 bits per heavy atom. The predicted molar refractivity (Wildman–Crippen MR) is 85.5 cm³/mol. The van der Waals surface area contributed by atoms with E-state index in [1.54, 1.807) is 0 Å². The number of methoxy groups -OCH3 is 2. The first-order valence-electron chi connectivity index (χ1n) is 7.55. The number of hydrogen-bond acceptors (Lipinski definition) is 3. The number of benzene rings is 2. The molecule has 2 aromatic carbocycles. The molecule has 1 unspecified atom stereocenters. The number of ether oxygens (including phenoxy) is 2. The predicted octanol–water partition coefficient (Wildman–Crippen LogP) is 3.98. The highest BCUT2D eigenvalue weighted by Gasteiger charge is 2.32. The van der Waals surface area contributed by atoms with E-state index in [-0.39, 0.29) is 23.0 Å². The molecule has 0 saturated carbocycles. The van der Waals surface area contributed by atoms with Crippen molar-refractivity contribution >= 4 is 5.69 Å². The fourth-order valence-electron chi connectivity index (χ4n) is 3.13. The Kier molecular flexibility index (Phi) is 4.37. The molecule has 0 bridgehead atoms. The average Bonchev–Trinajstić information content (AvgIpc) is 3.06. The Bertz CT molecular complexity index is 663. The number of anilines is 1. The Morgan fingerprint density at radius 3 is 2.17 bits per heavy atom. The van der Waals surface area contributed by atoms with E-state index in [4.69, 9.17) is 9.47 Å². The minimum atomic E-state index is -0.634. The summed E-state index contributed by atoms with van der Waals surface area (Å²) in [6.07, 6.45) is 0.680. The summed E-state index contributed by atoms with van der Waals surface area (Å²) >= 11 is 0. The van der Waals surface area contributed by atoms with Crippen molar-refractivity contribution in [2.75, 3.05) is 32.2 Å². The van der Waals surface area contributed by atoms with Gasteiger partial charge in [0.05, 0.1) is 14.2 Å². The van der Waals surface area contributed by atoms with Crippen LogP contribution in [0.2, 0.25) is 0 Å². The second-order valence-corrected chi connectivity index (χ2v) is 5.59. The van der Waals surface area contributed by atoms with Gasteiger partial charge in [-0.1, -0.05) is 18.2 Å². The lowest BCUT2D eigenvalue weighted by molar-refractivity contribution is 0.350. The molecule has 1 saturated heterocycles. The minimum absolute atomic E-state index is 0.0106. The lowest BCUT2D eigenvalue weighted by atomic mass is 9.96. The van der Waals surface area contributed by atoms with E-state index in [2.05, 4.69) is 4.90 Å². The van der Waals surface area contributed by atoms with E-state index in [0.29, 0.717) is 13.0 Å². The number of para-hydroxylation sites is 1. The van der Waals surface area contributed by atoms with E-state index in [0.717, 1.165) is 12.2 Å². The van der Waals surface area contributed by atoms with Crippen LogP contribution in [0.5, 0.6) is 11.5 Å². The van der Waals surface area contributed by atoms with E-state index in [1.807, 2.05) is 30.3 Å². The van der Waals surface area contributed by atoms with Crippen LogP contribution in [0.15, 0.2) is 36.4 Å². The summed E-state index contributed by atoms with van der Waals surface area (Å²) < 4.78 is 39.2. The molecule has 0 radical (unpaired) electrons. The van der Waals surface area contributed by atoms with Gasteiger partial charge in [-0.25, -0.2) is 8.78 Å². The number of nitrogens with zero attached hydrogens (tertiary/aromatic N) is 1. The Hall–Kier alpha value is -2.30. The van der Waals surface area contributed by atoms with Crippen LogP contribution in [-0.4, -0.2) is 27.3 Å². The second kappa shape index (κ2) is 6.44. The van der Waals surface area contributed by atoms with Crippen LogP contribution in [0.25, 0.3) is 0 Å². The highest BCUT2D eigenvalue weighted by Crippen LogP contribution is 2.39. The molecule has 0 spiro atoms. The van der Waals surface area contributed by atoms with Crippen molar-refractivity contribution in [1.82, 2.24) is 0 Å². The molecule has 0 N–H and O–H groups in total. The zero-order valence-corrected chi connectivity index (χ0v) is 13.2. The summed E-state index contributed by atoms with van der Waals surface area (Å²) in [5.41, 5.74) is 1.12. The first-order valence-corrected chi connectivity index (χ1v) is 7.55. The zero-order chi connectivity index (χ0) is 16.4. The zero-order valence-electron chi connectivity index (χ0n) is 13.2. The van der Waals surface area contributed by atoms with E-state index >= 15 is 0 Å². The quantitative estimate of drug-likeness (QED) is 0.851. The normalized spacial score (nSPS) is 17.4. The van der Waals surface area contributed by atoms with Crippen molar-refractivity contribution in [2.24, 2.45) is 0 Å². The third kappa shape index (κ3) is 2.83. The molecule has 3 rings (SSSR count). The molecule has 0 aliphatic carbocycles.